The molecule has 2 rings (SSSR count). The first-order valence-electron chi connectivity index (χ1n) is 6.46. The first-order chi connectivity index (χ1) is 10.0. The van der Waals surface area contributed by atoms with Crippen molar-refractivity contribution in [3.63, 3.8) is 0 Å². The maximum atomic E-state index is 12.0. The number of benzene rings is 1. The van der Waals surface area contributed by atoms with Crippen LogP contribution < -0.4 is 5.73 Å². The van der Waals surface area contributed by atoms with Crippen LogP contribution in [-0.2, 0) is 20.7 Å². The number of fused-ring (bicyclic) bond motifs is 1. The highest BCUT2D eigenvalue weighted by atomic mass is 16.5. The van der Waals surface area contributed by atoms with Crippen LogP contribution in [0, 0.1) is 0 Å². The van der Waals surface area contributed by atoms with Gasteiger partial charge < -0.3 is 15.4 Å². The molecule has 1 amide bonds. The summed E-state index contributed by atoms with van der Waals surface area (Å²) >= 11 is 0. The molecule has 6 heteroatoms. The molecule has 2 aromatic rings. The molecule has 0 saturated heterocycles. The van der Waals surface area contributed by atoms with Crippen LogP contribution in [0.3, 0.4) is 0 Å². The third kappa shape index (κ3) is 3.47. The number of amides is 1. The van der Waals surface area contributed by atoms with Gasteiger partial charge in [0, 0.05) is 12.4 Å². The van der Waals surface area contributed by atoms with Crippen LogP contribution in [0.1, 0.15) is 5.69 Å². The lowest BCUT2D eigenvalue weighted by molar-refractivity contribution is -0.145. The van der Waals surface area contributed by atoms with E-state index in [-0.39, 0.29) is 18.9 Å². The lowest BCUT2D eigenvalue weighted by atomic mass is 10.1. The number of ether oxygens (including phenoxy) is 1. The number of nitrogens with two attached hydrogens (primary N) is 1. The minimum atomic E-state index is -0.457. The summed E-state index contributed by atoms with van der Waals surface area (Å²) in [5.74, 6) is -0.664. The minimum absolute atomic E-state index is 0.0783. The van der Waals surface area contributed by atoms with Crippen LogP contribution in [0.15, 0.2) is 30.3 Å². The van der Waals surface area contributed by atoms with Gasteiger partial charge in [0.05, 0.1) is 30.4 Å². The number of methoxy groups -OCH3 is 1. The zero-order valence-electron chi connectivity index (χ0n) is 12.0. The number of hydrogen-bond acceptors (Lipinski definition) is 5. The molecule has 0 unspecified atom stereocenters. The molecule has 0 aliphatic carbocycles. The van der Waals surface area contributed by atoms with E-state index in [9.17, 15) is 9.59 Å². The summed E-state index contributed by atoms with van der Waals surface area (Å²) in [6.07, 6.45) is 0.109. The Kier molecular flexibility index (Phi) is 4.37. The Morgan fingerprint density at radius 2 is 2.05 bits per heavy atom. The second-order valence-corrected chi connectivity index (χ2v) is 4.72. The van der Waals surface area contributed by atoms with E-state index in [1.807, 2.05) is 18.2 Å². The van der Waals surface area contributed by atoms with Gasteiger partial charge in [-0.2, -0.15) is 0 Å². The summed E-state index contributed by atoms with van der Waals surface area (Å²) in [7, 11) is 2.84. The standard InChI is InChI=1S/C15H17N3O3/c1-18(9-14(20)21-2)13(19)8-11-7-6-10-4-3-5-12(16)15(10)17-11/h3-7H,8-9,16H2,1-2H3. The van der Waals surface area contributed by atoms with Crippen LogP contribution in [0.25, 0.3) is 10.9 Å². The largest absolute Gasteiger partial charge is 0.468 e. The van der Waals surface area contributed by atoms with Crippen LogP contribution in [0.5, 0.6) is 0 Å². The highest BCUT2D eigenvalue weighted by molar-refractivity contribution is 5.90. The molecule has 110 valence electrons. The molecule has 6 nitrogen and oxygen atoms in total. The number of rotatable bonds is 4. The van der Waals surface area contributed by atoms with E-state index in [0.29, 0.717) is 16.9 Å². The van der Waals surface area contributed by atoms with Crippen molar-refractivity contribution < 1.29 is 14.3 Å². The van der Waals surface area contributed by atoms with Crippen molar-refractivity contribution in [3.8, 4) is 0 Å². The Bertz CT molecular complexity index is 685. The number of carbonyl (C=O) groups is 2. The summed E-state index contributed by atoms with van der Waals surface area (Å²) in [6.45, 7) is -0.0783. The predicted octanol–water partition coefficient (Wildman–Crippen LogP) is 0.991. The van der Waals surface area contributed by atoms with Gasteiger partial charge in [-0.05, 0) is 12.1 Å². The van der Waals surface area contributed by atoms with Gasteiger partial charge in [0.2, 0.25) is 5.91 Å². The predicted molar refractivity (Wildman–Crippen MR) is 79.5 cm³/mol. The average molecular weight is 287 g/mol. The molecule has 1 aromatic heterocycles. The number of carbonyl (C=O) groups excluding carboxylic acids is 2. The Labute approximate surface area is 122 Å². The molecule has 0 radical (unpaired) electrons. The van der Waals surface area contributed by atoms with E-state index in [1.165, 1.54) is 12.0 Å². The van der Waals surface area contributed by atoms with E-state index < -0.39 is 5.97 Å². The van der Waals surface area contributed by atoms with E-state index in [4.69, 9.17) is 5.73 Å². The number of aromatic nitrogens is 1. The normalized spacial score (nSPS) is 10.4. The molecule has 0 fully saturated rings. The second kappa shape index (κ2) is 6.21. The van der Waals surface area contributed by atoms with Gasteiger partial charge >= 0.3 is 5.97 Å². The fourth-order valence-electron chi connectivity index (χ4n) is 1.95. The number of nitrogens with zero attached hydrogens (tertiary/aromatic N) is 2. The van der Waals surface area contributed by atoms with Crippen molar-refractivity contribution >= 4 is 28.5 Å². The number of likely N-dealkylation sites (N-methyl/N-ethyl adjacent to an activating group) is 1. The summed E-state index contributed by atoms with van der Waals surface area (Å²) in [4.78, 5) is 28.9. The molecule has 0 bridgehead atoms. The fourth-order valence-corrected chi connectivity index (χ4v) is 1.95. The quantitative estimate of drug-likeness (QED) is 0.669. The number of esters is 1. The van der Waals surface area contributed by atoms with Gasteiger partial charge in [0.15, 0.2) is 0 Å². The Balaban J connectivity index is 2.14. The SMILES string of the molecule is COC(=O)CN(C)C(=O)Cc1ccc2cccc(N)c2n1. The molecule has 0 saturated carbocycles. The lowest BCUT2D eigenvalue weighted by Gasteiger charge is -2.15. The topological polar surface area (TPSA) is 85.5 Å². The van der Waals surface area contributed by atoms with Gasteiger partial charge in [-0.1, -0.05) is 18.2 Å². The Hall–Kier alpha value is -2.63. The zero-order valence-corrected chi connectivity index (χ0v) is 12.0. The van der Waals surface area contributed by atoms with Crippen molar-refractivity contribution in [1.29, 1.82) is 0 Å². The summed E-state index contributed by atoms with van der Waals surface area (Å²) < 4.78 is 4.53. The fraction of sp³-hybridized carbons (Fsp3) is 0.267. The monoisotopic (exact) mass is 287 g/mol. The number of pyridine rings is 1. The van der Waals surface area contributed by atoms with Crippen molar-refractivity contribution in [2.75, 3.05) is 26.4 Å². The lowest BCUT2D eigenvalue weighted by Crippen LogP contribution is -2.33. The van der Waals surface area contributed by atoms with Gasteiger partial charge in [-0.15, -0.1) is 0 Å². The summed E-state index contributed by atoms with van der Waals surface area (Å²) in [5, 5.41) is 0.925. The third-order valence-corrected chi connectivity index (χ3v) is 3.16. The highest BCUT2D eigenvalue weighted by Crippen LogP contribution is 2.19. The van der Waals surface area contributed by atoms with Gasteiger partial charge in [0.1, 0.15) is 6.54 Å². The number of anilines is 1. The van der Waals surface area contributed by atoms with Crippen LogP contribution >= 0.6 is 0 Å². The molecule has 2 N–H and O–H groups in total. The van der Waals surface area contributed by atoms with Crippen molar-refractivity contribution in [2.24, 2.45) is 0 Å². The maximum absolute atomic E-state index is 12.0. The molecule has 1 heterocycles. The summed E-state index contributed by atoms with van der Waals surface area (Å²) in [6, 6.07) is 9.19. The van der Waals surface area contributed by atoms with E-state index >= 15 is 0 Å². The molecule has 0 atom stereocenters. The number of nitrogen functional groups attached to an aromatic ring is 1. The molecular weight excluding hydrogens is 270 g/mol. The van der Waals surface area contributed by atoms with Crippen molar-refractivity contribution in [2.45, 2.75) is 6.42 Å². The molecule has 1 aromatic carbocycles. The minimum Gasteiger partial charge on any atom is -0.468 e. The number of para-hydroxylation sites is 1. The van der Waals surface area contributed by atoms with E-state index in [1.54, 1.807) is 19.2 Å². The van der Waals surface area contributed by atoms with Crippen LogP contribution in [0.2, 0.25) is 0 Å². The van der Waals surface area contributed by atoms with Gasteiger partial charge in [0.25, 0.3) is 0 Å². The molecule has 0 spiro atoms. The van der Waals surface area contributed by atoms with Crippen LogP contribution in [-0.4, -0.2) is 42.5 Å². The average Bonchev–Trinajstić information content (AvgIpc) is 2.47. The van der Waals surface area contributed by atoms with E-state index in [0.717, 1.165) is 5.39 Å². The molecular formula is C15H17N3O3. The Morgan fingerprint density at radius 1 is 1.29 bits per heavy atom. The molecule has 0 aliphatic rings. The van der Waals surface area contributed by atoms with E-state index in [2.05, 4.69) is 9.72 Å². The van der Waals surface area contributed by atoms with Crippen molar-refractivity contribution in [3.05, 3.63) is 36.0 Å². The number of hydrogen-bond donors (Lipinski definition) is 1. The molecule has 0 aliphatic heterocycles. The Morgan fingerprint density at radius 3 is 2.76 bits per heavy atom. The smallest absolute Gasteiger partial charge is 0.325 e. The van der Waals surface area contributed by atoms with Gasteiger partial charge in [-0.3, -0.25) is 14.6 Å². The first kappa shape index (κ1) is 14.8. The zero-order chi connectivity index (χ0) is 15.4. The van der Waals surface area contributed by atoms with Crippen LogP contribution in [0.4, 0.5) is 5.69 Å². The first-order valence-corrected chi connectivity index (χ1v) is 6.46. The van der Waals surface area contributed by atoms with Crippen molar-refractivity contribution in [1.82, 2.24) is 9.88 Å². The third-order valence-electron chi connectivity index (χ3n) is 3.16. The highest BCUT2D eigenvalue weighted by Gasteiger charge is 2.14. The maximum Gasteiger partial charge on any atom is 0.325 e. The molecule has 21 heavy (non-hydrogen) atoms. The second-order valence-electron chi connectivity index (χ2n) is 4.72. The summed E-state index contributed by atoms with van der Waals surface area (Å²) in [5.41, 5.74) is 7.75. The van der Waals surface area contributed by atoms with Gasteiger partial charge in [-0.25, -0.2) is 0 Å².